The summed E-state index contributed by atoms with van der Waals surface area (Å²) in [4.78, 5) is 27.0. The van der Waals surface area contributed by atoms with Crippen LogP contribution in [0.2, 0.25) is 0 Å². The van der Waals surface area contributed by atoms with Gasteiger partial charge in [0.05, 0.1) is 19.1 Å². The summed E-state index contributed by atoms with van der Waals surface area (Å²) in [7, 11) is 3.28. The lowest BCUT2D eigenvalue weighted by molar-refractivity contribution is -0.384. The van der Waals surface area contributed by atoms with E-state index in [1.807, 2.05) is 18.2 Å². The molecule has 2 aromatic carbocycles. The summed E-state index contributed by atoms with van der Waals surface area (Å²) in [5, 5.41) is 10.9. The molecule has 3 rings (SSSR count). The molecular formula is C22H25N3O5. The Balaban J connectivity index is 1.56. The maximum Gasteiger partial charge on any atom is 0.270 e. The number of hydrogen-bond acceptors (Lipinski definition) is 6. The molecule has 0 saturated carbocycles. The van der Waals surface area contributed by atoms with Crippen LogP contribution in [-0.2, 0) is 11.3 Å². The number of carbonyl (C=O) groups is 1. The Morgan fingerprint density at radius 2 is 1.87 bits per heavy atom. The molecule has 1 heterocycles. The van der Waals surface area contributed by atoms with Crippen LogP contribution in [0.5, 0.6) is 11.5 Å². The first kappa shape index (κ1) is 21.3. The van der Waals surface area contributed by atoms with Gasteiger partial charge >= 0.3 is 0 Å². The van der Waals surface area contributed by atoms with Gasteiger partial charge in [0.25, 0.3) is 5.69 Å². The predicted molar refractivity (Wildman–Crippen MR) is 114 cm³/mol. The van der Waals surface area contributed by atoms with Crippen molar-refractivity contribution >= 4 is 17.7 Å². The fraction of sp³-hybridized carbons (Fsp3) is 0.318. The van der Waals surface area contributed by atoms with Crippen molar-refractivity contribution in [1.82, 2.24) is 9.80 Å². The maximum atomic E-state index is 12.5. The highest BCUT2D eigenvalue weighted by Crippen LogP contribution is 2.25. The second kappa shape index (κ2) is 9.89. The minimum Gasteiger partial charge on any atom is -0.497 e. The molecule has 1 amide bonds. The molecule has 0 aliphatic carbocycles. The van der Waals surface area contributed by atoms with Crippen LogP contribution in [0.1, 0.15) is 11.1 Å². The van der Waals surface area contributed by atoms with Gasteiger partial charge in [0.2, 0.25) is 5.91 Å². The molecule has 2 aromatic rings. The maximum absolute atomic E-state index is 12.5. The van der Waals surface area contributed by atoms with Gasteiger partial charge in [-0.1, -0.05) is 12.1 Å². The van der Waals surface area contributed by atoms with Gasteiger partial charge in [-0.25, -0.2) is 0 Å². The highest BCUT2D eigenvalue weighted by molar-refractivity contribution is 5.91. The van der Waals surface area contributed by atoms with Crippen molar-refractivity contribution in [3.63, 3.8) is 0 Å². The van der Waals surface area contributed by atoms with Gasteiger partial charge in [0, 0.05) is 56.5 Å². The van der Waals surface area contributed by atoms with Crippen LogP contribution in [0.15, 0.2) is 48.5 Å². The van der Waals surface area contributed by atoms with Crippen molar-refractivity contribution in [1.29, 1.82) is 0 Å². The monoisotopic (exact) mass is 411 g/mol. The molecular weight excluding hydrogens is 386 g/mol. The van der Waals surface area contributed by atoms with Crippen molar-refractivity contribution in [3.8, 4) is 11.5 Å². The Morgan fingerprint density at radius 1 is 1.10 bits per heavy atom. The Bertz CT molecular complexity index is 936. The smallest absolute Gasteiger partial charge is 0.270 e. The third-order valence-corrected chi connectivity index (χ3v) is 5.06. The molecule has 8 heteroatoms. The number of ether oxygens (including phenoxy) is 2. The lowest BCUT2D eigenvalue weighted by atomic mass is 10.1. The van der Waals surface area contributed by atoms with E-state index < -0.39 is 4.92 Å². The molecule has 0 aromatic heterocycles. The van der Waals surface area contributed by atoms with Crippen LogP contribution in [-0.4, -0.2) is 61.0 Å². The number of non-ortho nitro benzene ring substituents is 1. The Morgan fingerprint density at radius 3 is 2.53 bits per heavy atom. The molecule has 1 fully saturated rings. The number of nitro groups is 1. The van der Waals surface area contributed by atoms with Crippen LogP contribution in [0.3, 0.4) is 0 Å². The summed E-state index contributed by atoms with van der Waals surface area (Å²) in [6.45, 7) is 3.44. The Hall–Kier alpha value is -3.39. The zero-order chi connectivity index (χ0) is 21.5. The molecule has 8 nitrogen and oxygen atoms in total. The number of amides is 1. The van der Waals surface area contributed by atoms with Crippen LogP contribution in [0.4, 0.5) is 5.69 Å². The van der Waals surface area contributed by atoms with E-state index in [4.69, 9.17) is 9.47 Å². The van der Waals surface area contributed by atoms with Gasteiger partial charge in [-0.05, 0) is 29.8 Å². The first-order valence-electron chi connectivity index (χ1n) is 9.65. The summed E-state index contributed by atoms with van der Waals surface area (Å²) in [6.07, 6.45) is 3.09. The number of rotatable bonds is 7. The molecule has 0 spiro atoms. The fourth-order valence-electron chi connectivity index (χ4n) is 3.39. The van der Waals surface area contributed by atoms with Crippen LogP contribution < -0.4 is 9.47 Å². The third kappa shape index (κ3) is 5.36. The predicted octanol–water partition coefficient (Wildman–Crippen LogP) is 2.97. The number of carbonyl (C=O) groups excluding carboxylic acids is 1. The van der Waals surface area contributed by atoms with E-state index in [9.17, 15) is 14.9 Å². The third-order valence-electron chi connectivity index (χ3n) is 5.06. The zero-order valence-corrected chi connectivity index (χ0v) is 17.1. The molecule has 0 N–H and O–H groups in total. The normalized spacial score (nSPS) is 14.7. The van der Waals surface area contributed by atoms with Gasteiger partial charge in [0.15, 0.2) is 0 Å². The number of methoxy groups -OCH3 is 2. The van der Waals surface area contributed by atoms with Crippen molar-refractivity contribution in [2.45, 2.75) is 6.54 Å². The van der Waals surface area contributed by atoms with E-state index in [0.29, 0.717) is 25.2 Å². The van der Waals surface area contributed by atoms with Crippen molar-refractivity contribution < 1.29 is 19.2 Å². The van der Waals surface area contributed by atoms with Gasteiger partial charge in [0.1, 0.15) is 11.5 Å². The summed E-state index contributed by atoms with van der Waals surface area (Å²) in [5.41, 5.74) is 1.68. The summed E-state index contributed by atoms with van der Waals surface area (Å²) < 4.78 is 10.7. The summed E-state index contributed by atoms with van der Waals surface area (Å²) in [6, 6.07) is 11.9. The average Bonchev–Trinajstić information content (AvgIpc) is 2.78. The molecule has 0 atom stereocenters. The first-order valence-corrected chi connectivity index (χ1v) is 9.65. The van der Waals surface area contributed by atoms with Crippen LogP contribution >= 0.6 is 0 Å². The topological polar surface area (TPSA) is 85.2 Å². The van der Waals surface area contributed by atoms with E-state index in [2.05, 4.69) is 4.90 Å². The van der Waals surface area contributed by atoms with E-state index in [1.165, 1.54) is 18.2 Å². The van der Waals surface area contributed by atoms with E-state index in [1.54, 1.807) is 37.3 Å². The molecule has 1 aliphatic rings. The van der Waals surface area contributed by atoms with Crippen molar-refractivity contribution in [3.05, 3.63) is 69.8 Å². The van der Waals surface area contributed by atoms with Gasteiger partial charge < -0.3 is 14.4 Å². The molecule has 30 heavy (non-hydrogen) atoms. The Kier molecular flexibility index (Phi) is 7.03. The van der Waals surface area contributed by atoms with Crippen molar-refractivity contribution in [2.75, 3.05) is 40.4 Å². The second-order valence-electron chi connectivity index (χ2n) is 6.96. The number of nitro benzene ring substituents is 1. The van der Waals surface area contributed by atoms with Gasteiger partial charge in [-0.2, -0.15) is 0 Å². The highest BCUT2D eigenvalue weighted by atomic mass is 16.6. The number of benzene rings is 2. The number of piperazine rings is 1. The minimum atomic E-state index is -0.449. The SMILES string of the molecule is COc1ccc(OC)c(CN2CCN(C(=O)/C=C/c3cccc([N+](=O)[O-])c3)CC2)c1. The molecule has 0 radical (unpaired) electrons. The molecule has 1 aliphatic heterocycles. The molecule has 1 saturated heterocycles. The minimum absolute atomic E-state index is 0.00573. The van der Waals surface area contributed by atoms with E-state index in [0.717, 1.165) is 30.2 Å². The quantitative estimate of drug-likeness (QED) is 0.396. The largest absolute Gasteiger partial charge is 0.497 e. The van der Waals surface area contributed by atoms with E-state index in [-0.39, 0.29) is 11.6 Å². The Labute approximate surface area is 175 Å². The zero-order valence-electron chi connectivity index (χ0n) is 17.1. The average molecular weight is 411 g/mol. The highest BCUT2D eigenvalue weighted by Gasteiger charge is 2.21. The first-order chi connectivity index (χ1) is 14.5. The molecule has 158 valence electrons. The fourth-order valence-corrected chi connectivity index (χ4v) is 3.39. The van der Waals surface area contributed by atoms with Crippen LogP contribution in [0.25, 0.3) is 6.08 Å². The van der Waals surface area contributed by atoms with Crippen molar-refractivity contribution in [2.24, 2.45) is 0 Å². The van der Waals surface area contributed by atoms with Gasteiger partial charge in [-0.3, -0.25) is 19.8 Å². The number of hydrogen-bond donors (Lipinski definition) is 0. The molecule has 0 unspecified atom stereocenters. The summed E-state index contributed by atoms with van der Waals surface area (Å²) in [5.74, 6) is 1.50. The standard InChI is InChI=1S/C22H25N3O5/c1-29-20-7-8-21(30-2)18(15-20)16-23-10-12-24(13-11-23)22(26)9-6-17-4-3-5-19(14-17)25(27)28/h3-9,14-15H,10-13,16H2,1-2H3/b9-6+. The lowest BCUT2D eigenvalue weighted by Crippen LogP contribution is -2.47. The second-order valence-corrected chi connectivity index (χ2v) is 6.96. The van der Waals surface area contributed by atoms with E-state index >= 15 is 0 Å². The lowest BCUT2D eigenvalue weighted by Gasteiger charge is -2.34. The molecule has 0 bridgehead atoms. The van der Waals surface area contributed by atoms with Crippen LogP contribution in [0, 0.1) is 10.1 Å². The number of nitrogens with zero attached hydrogens (tertiary/aromatic N) is 3. The van der Waals surface area contributed by atoms with Gasteiger partial charge in [-0.15, -0.1) is 0 Å². The summed E-state index contributed by atoms with van der Waals surface area (Å²) >= 11 is 0.